The normalized spacial score (nSPS) is 10.3. The number of hydrogen-bond acceptors (Lipinski definition) is 5. The van der Waals surface area contributed by atoms with Crippen molar-refractivity contribution in [2.75, 3.05) is 5.73 Å². The highest BCUT2D eigenvalue weighted by Crippen LogP contribution is 2.19. The molecular formula is C12H14N6. The molecule has 0 saturated heterocycles. The summed E-state index contributed by atoms with van der Waals surface area (Å²) in [5, 5.41) is 21.6. The third kappa shape index (κ3) is 1.91. The Hall–Kier alpha value is -2.42. The molecule has 0 bridgehead atoms. The lowest BCUT2D eigenvalue weighted by molar-refractivity contribution is 0.778. The van der Waals surface area contributed by atoms with Crippen molar-refractivity contribution in [2.45, 2.75) is 26.7 Å². The van der Waals surface area contributed by atoms with Crippen LogP contribution in [0.5, 0.6) is 0 Å². The van der Waals surface area contributed by atoms with E-state index in [4.69, 9.17) is 5.73 Å². The van der Waals surface area contributed by atoms with Gasteiger partial charge < -0.3 is 5.73 Å². The highest BCUT2D eigenvalue weighted by molar-refractivity contribution is 5.50. The summed E-state index contributed by atoms with van der Waals surface area (Å²) in [6.07, 6.45) is 4.63. The zero-order valence-electron chi connectivity index (χ0n) is 10.4. The molecule has 0 aliphatic rings. The van der Waals surface area contributed by atoms with Crippen molar-refractivity contribution >= 4 is 5.69 Å². The fraction of sp³-hybridized carbons (Fsp3) is 0.333. The van der Waals surface area contributed by atoms with Gasteiger partial charge in [-0.1, -0.05) is 13.8 Å². The topological polar surface area (TPSA) is 93.4 Å². The molecule has 0 radical (unpaired) electrons. The second-order valence-electron chi connectivity index (χ2n) is 3.86. The first-order valence-electron chi connectivity index (χ1n) is 5.80. The summed E-state index contributed by atoms with van der Waals surface area (Å²) in [4.78, 5) is 0. The number of rotatable bonds is 3. The van der Waals surface area contributed by atoms with Crippen LogP contribution in [-0.2, 0) is 12.8 Å². The number of aryl methyl sites for hydroxylation is 1. The Balaban J connectivity index is 2.66. The number of hydrogen-bond donors (Lipinski definition) is 1. The van der Waals surface area contributed by atoms with Gasteiger partial charge in [-0.05, 0) is 18.4 Å². The molecule has 6 nitrogen and oxygen atoms in total. The van der Waals surface area contributed by atoms with E-state index < -0.39 is 0 Å². The zero-order valence-corrected chi connectivity index (χ0v) is 10.4. The number of nitrogens with zero attached hydrogens (tertiary/aromatic N) is 5. The SMILES string of the molecule is CCc1nnc(-n2cc(N)cn2)c(C#N)c1CC. The first kappa shape index (κ1) is 12.0. The Labute approximate surface area is 105 Å². The third-order valence-corrected chi connectivity index (χ3v) is 2.76. The van der Waals surface area contributed by atoms with Crippen LogP contribution < -0.4 is 5.73 Å². The zero-order chi connectivity index (χ0) is 13.1. The summed E-state index contributed by atoms with van der Waals surface area (Å²) in [5.41, 5.74) is 8.46. The quantitative estimate of drug-likeness (QED) is 0.873. The van der Waals surface area contributed by atoms with Crippen molar-refractivity contribution in [2.24, 2.45) is 0 Å². The molecule has 0 saturated carbocycles. The van der Waals surface area contributed by atoms with E-state index >= 15 is 0 Å². The summed E-state index contributed by atoms with van der Waals surface area (Å²) in [7, 11) is 0. The van der Waals surface area contributed by atoms with Gasteiger partial charge >= 0.3 is 0 Å². The summed E-state index contributed by atoms with van der Waals surface area (Å²) in [6.45, 7) is 3.99. The van der Waals surface area contributed by atoms with Gasteiger partial charge in [0.05, 0.1) is 23.8 Å². The van der Waals surface area contributed by atoms with Crippen LogP contribution in [0.15, 0.2) is 12.4 Å². The standard InChI is InChI=1S/C12H14N6/c1-3-9-10(5-13)12(17-16-11(9)4-2)18-7-8(14)6-15-18/h6-7H,3-4,14H2,1-2H3. The molecule has 0 aromatic carbocycles. The van der Waals surface area contributed by atoms with Crippen LogP contribution in [0.2, 0.25) is 0 Å². The number of nitriles is 1. The van der Waals surface area contributed by atoms with Gasteiger partial charge in [0.1, 0.15) is 11.6 Å². The van der Waals surface area contributed by atoms with Gasteiger partial charge in [-0.25, -0.2) is 4.68 Å². The van der Waals surface area contributed by atoms with Crippen molar-refractivity contribution in [3.63, 3.8) is 0 Å². The molecule has 92 valence electrons. The summed E-state index contributed by atoms with van der Waals surface area (Å²) < 4.78 is 1.49. The van der Waals surface area contributed by atoms with E-state index in [9.17, 15) is 5.26 Å². The Morgan fingerprint density at radius 1 is 1.33 bits per heavy atom. The smallest absolute Gasteiger partial charge is 0.193 e. The van der Waals surface area contributed by atoms with Gasteiger partial charge in [-0.2, -0.15) is 15.5 Å². The lowest BCUT2D eigenvalue weighted by Crippen LogP contribution is -2.10. The predicted octanol–water partition coefficient (Wildman–Crippen LogP) is 1.24. The molecule has 0 fully saturated rings. The second kappa shape index (κ2) is 4.84. The summed E-state index contributed by atoms with van der Waals surface area (Å²) >= 11 is 0. The minimum atomic E-state index is 0.434. The lowest BCUT2D eigenvalue weighted by atomic mass is 10.0. The third-order valence-electron chi connectivity index (χ3n) is 2.76. The predicted molar refractivity (Wildman–Crippen MR) is 67.0 cm³/mol. The van der Waals surface area contributed by atoms with E-state index in [0.29, 0.717) is 17.1 Å². The second-order valence-corrected chi connectivity index (χ2v) is 3.86. The van der Waals surface area contributed by atoms with Gasteiger partial charge in [-0.3, -0.25) is 0 Å². The maximum Gasteiger partial charge on any atom is 0.193 e. The van der Waals surface area contributed by atoms with E-state index in [1.807, 2.05) is 13.8 Å². The first-order chi connectivity index (χ1) is 8.71. The van der Waals surface area contributed by atoms with Crippen LogP contribution in [0.1, 0.15) is 30.7 Å². The Bertz CT molecular complexity index is 608. The molecule has 0 unspecified atom stereocenters. The largest absolute Gasteiger partial charge is 0.396 e. The van der Waals surface area contributed by atoms with E-state index in [0.717, 1.165) is 24.1 Å². The fourth-order valence-electron chi connectivity index (χ4n) is 1.89. The molecule has 0 aliphatic carbocycles. The molecule has 2 aromatic rings. The van der Waals surface area contributed by atoms with Crippen molar-refractivity contribution in [1.29, 1.82) is 5.26 Å². The molecule has 2 heterocycles. The van der Waals surface area contributed by atoms with Gasteiger partial charge in [0, 0.05) is 0 Å². The van der Waals surface area contributed by atoms with Crippen LogP contribution in [-0.4, -0.2) is 20.0 Å². The molecule has 0 spiro atoms. The summed E-state index contributed by atoms with van der Waals surface area (Å²) in [5.74, 6) is 0.434. The molecular weight excluding hydrogens is 228 g/mol. The highest BCUT2D eigenvalue weighted by Gasteiger charge is 2.16. The summed E-state index contributed by atoms with van der Waals surface area (Å²) in [6, 6.07) is 2.19. The number of nitrogens with two attached hydrogens (primary N) is 1. The van der Waals surface area contributed by atoms with Crippen molar-refractivity contribution in [3.05, 3.63) is 29.2 Å². The molecule has 0 aliphatic heterocycles. The Morgan fingerprint density at radius 3 is 2.61 bits per heavy atom. The minimum absolute atomic E-state index is 0.434. The van der Waals surface area contributed by atoms with E-state index in [1.54, 1.807) is 6.20 Å². The van der Waals surface area contributed by atoms with Crippen LogP contribution in [0, 0.1) is 11.3 Å². The molecule has 2 aromatic heterocycles. The van der Waals surface area contributed by atoms with Gasteiger partial charge in [0.2, 0.25) is 0 Å². The monoisotopic (exact) mass is 242 g/mol. The van der Waals surface area contributed by atoms with Gasteiger partial charge in [0.25, 0.3) is 0 Å². The maximum absolute atomic E-state index is 9.33. The molecule has 0 amide bonds. The first-order valence-corrected chi connectivity index (χ1v) is 5.80. The van der Waals surface area contributed by atoms with E-state index in [-0.39, 0.29) is 0 Å². The van der Waals surface area contributed by atoms with Gasteiger partial charge in [-0.15, -0.1) is 5.10 Å². The average molecular weight is 242 g/mol. The minimum Gasteiger partial charge on any atom is -0.396 e. The van der Waals surface area contributed by atoms with E-state index in [1.165, 1.54) is 10.9 Å². The van der Waals surface area contributed by atoms with Gasteiger partial charge in [0.15, 0.2) is 5.82 Å². The molecule has 0 atom stereocenters. The Morgan fingerprint density at radius 2 is 2.11 bits per heavy atom. The van der Waals surface area contributed by atoms with Crippen molar-refractivity contribution in [1.82, 2.24) is 20.0 Å². The maximum atomic E-state index is 9.33. The molecule has 18 heavy (non-hydrogen) atoms. The molecule has 2 N–H and O–H groups in total. The average Bonchev–Trinajstić information content (AvgIpc) is 2.83. The van der Waals surface area contributed by atoms with Crippen molar-refractivity contribution < 1.29 is 0 Å². The van der Waals surface area contributed by atoms with Crippen LogP contribution in [0.3, 0.4) is 0 Å². The fourth-order valence-corrected chi connectivity index (χ4v) is 1.89. The van der Waals surface area contributed by atoms with E-state index in [2.05, 4.69) is 21.4 Å². The lowest BCUT2D eigenvalue weighted by Gasteiger charge is -2.09. The van der Waals surface area contributed by atoms with Crippen molar-refractivity contribution in [3.8, 4) is 11.9 Å². The molecule has 2 rings (SSSR count). The van der Waals surface area contributed by atoms with Crippen LogP contribution >= 0.6 is 0 Å². The Kier molecular flexibility index (Phi) is 3.24. The number of nitrogen functional groups attached to an aromatic ring is 1. The number of aromatic nitrogens is 4. The van der Waals surface area contributed by atoms with Crippen LogP contribution in [0.4, 0.5) is 5.69 Å². The van der Waals surface area contributed by atoms with Crippen LogP contribution in [0.25, 0.3) is 5.82 Å². The molecule has 6 heteroatoms. The highest BCUT2D eigenvalue weighted by atomic mass is 15.3. The number of anilines is 1.